The molecule has 0 aliphatic heterocycles. The Bertz CT molecular complexity index is 419. The van der Waals surface area contributed by atoms with Crippen molar-refractivity contribution in [2.45, 2.75) is 0 Å². The molecular weight excluding hydrogens is 214 g/mol. The lowest BCUT2D eigenvalue weighted by atomic mass is 10.1. The molecule has 0 fully saturated rings. The van der Waals surface area contributed by atoms with Crippen LogP contribution in [0.5, 0.6) is 0 Å². The van der Waals surface area contributed by atoms with Crippen molar-refractivity contribution in [3.05, 3.63) is 23.8 Å². The topological polar surface area (TPSA) is 124 Å². The molecule has 1 aromatic rings. The fraction of sp³-hybridized carbons (Fsp3) is 0. The Morgan fingerprint density at radius 3 is 2.40 bits per heavy atom. The van der Waals surface area contributed by atoms with Gasteiger partial charge in [-0.2, -0.15) is 0 Å². The molecule has 0 saturated carbocycles. The Hall–Kier alpha value is -1.86. The van der Waals surface area contributed by atoms with E-state index in [0.717, 1.165) is 0 Å². The van der Waals surface area contributed by atoms with Crippen LogP contribution in [0.15, 0.2) is 18.2 Å². The van der Waals surface area contributed by atoms with Gasteiger partial charge in [-0.15, -0.1) is 0 Å². The zero-order valence-corrected chi connectivity index (χ0v) is 8.62. The van der Waals surface area contributed by atoms with Crippen LogP contribution in [-0.2, 0) is 0 Å². The first-order chi connectivity index (χ1) is 6.93. The van der Waals surface area contributed by atoms with Crippen LogP contribution in [0.1, 0.15) is 10.4 Å². The van der Waals surface area contributed by atoms with Crippen LogP contribution >= 0.6 is 12.2 Å². The van der Waals surface area contributed by atoms with Crippen molar-refractivity contribution >= 4 is 34.6 Å². The third kappa shape index (κ3) is 2.33. The van der Waals surface area contributed by atoms with E-state index in [1.807, 2.05) is 0 Å². The van der Waals surface area contributed by atoms with Crippen LogP contribution in [-0.4, -0.2) is 16.0 Å². The molecule has 0 unspecified atom stereocenters. The lowest BCUT2D eigenvalue weighted by Gasteiger charge is -2.15. The maximum absolute atomic E-state index is 11.6. The number of nitrogen functional groups attached to an aromatic ring is 2. The first kappa shape index (κ1) is 11.2. The fourth-order valence-electron chi connectivity index (χ4n) is 1.01. The number of hydrogen-bond acceptors (Lipinski definition) is 5. The van der Waals surface area contributed by atoms with Gasteiger partial charge in [0.15, 0.2) is 5.11 Å². The van der Waals surface area contributed by atoms with Gasteiger partial charge < -0.3 is 17.2 Å². The van der Waals surface area contributed by atoms with E-state index in [2.05, 4.69) is 12.2 Å². The molecule has 1 rings (SSSR count). The summed E-state index contributed by atoms with van der Waals surface area (Å²) in [6, 6.07) is 4.46. The van der Waals surface area contributed by atoms with E-state index in [0.29, 0.717) is 10.7 Å². The van der Waals surface area contributed by atoms with Gasteiger partial charge >= 0.3 is 0 Å². The minimum absolute atomic E-state index is 0.208. The molecule has 0 radical (unpaired) electrons. The van der Waals surface area contributed by atoms with Gasteiger partial charge in [0.25, 0.3) is 5.91 Å². The molecule has 0 aromatic heterocycles. The van der Waals surface area contributed by atoms with Crippen molar-refractivity contribution in [2.75, 3.05) is 11.5 Å². The molecule has 8 N–H and O–H groups in total. The number of thiocarbonyl (C=S) groups is 1. The van der Waals surface area contributed by atoms with E-state index < -0.39 is 5.91 Å². The SMILES string of the molecule is NC(=S)N(N)C(=O)c1ccc(N)cc1N. The Morgan fingerprint density at radius 2 is 1.93 bits per heavy atom. The molecule has 0 spiro atoms. The van der Waals surface area contributed by atoms with E-state index >= 15 is 0 Å². The van der Waals surface area contributed by atoms with Gasteiger partial charge in [-0.25, -0.2) is 10.9 Å². The molecule has 0 aliphatic rings. The van der Waals surface area contributed by atoms with Crippen LogP contribution in [0.25, 0.3) is 0 Å². The van der Waals surface area contributed by atoms with E-state index in [1.165, 1.54) is 18.2 Å². The summed E-state index contributed by atoms with van der Waals surface area (Å²) >= 11 is 4.56. The maximum Gasteiger partial charge on any atom is 0.276 e. The van der Waals surface area contributed by atoms with Crippen molar-refractivity contribution in [2.24, 2.45) is 11.6 Å². The highest BCUT2D eigenvalue weighted by Crippen LogP contribution is 2.16. The second-order valence-electron chi connectivity index (χ2n) is 2.86. The summed E-state index contributed by atoms with van der Waals surface area (Å²) in [5.41, 5.74) is 17.2. The Kier molecular flexibility index (Phi) is 3.08. The van der Waals surface area contributed by atoms with Crippen LogP contribution in [0.4, 0.5) is 11.4 Å². The molecule has 0 saturated heterocycles. The molecule has 80 valence electrons. The lowest BCUT2D eigenvalue weighted by molar-refractivity contribution is 0.0849. The highest BCUT2D eigenvalue weighted by atomic mass is 32.1. The second kappa shape index (κ2) is 4.11. The molecule has 6 nitrogen and oxygen atoms in total. The third-order valence-electron chi connectivity index (χ3n) is 1.76. The first-order valence-electron chi connectivity index (χ1n) is 3.97. The number of nitrogens with zero attached hydrogens (tertiary/aromatic N) is 1. The summed E-state index contributed by atoms with van der Waals surface area (Å²) in [5, 5.41) is 0.424. The molecule has 0 atom stereocenters. The predicted octanol–water partition coefficient (Wildman–Crippen LogP) is -0.589. The predicted molar refractivity (Wildman–Crippen MR) is 62.4 cm³/mol. The number of nitrogens with two attached hydrogens (primary N) is 4. The number of benzene rings is 1. The van der Waals surface area contributed by atoms with Gasteiger partial charge in [-0.05, 0) is 30.4 Å². The van der Waals surface area contributed by atoms with Crippen molar-refractivity contribution in [3.8, 4) is 0 Å². The van der Waals surface area contributed by atoms with Gasteiger partial charge in [0.2, 0.25) is 0 Å². The van der Waals surface area contributed by atoms with Gasteiger partial charge in [0.1, 0.15) is 0 Å². The van der Waals surface area contributed by atoms with E-state index in [1.54, 1.807) is 0 Å². The normalized spacial score (nSPS) is 9.67. The smallest absolute Gasteiger partial charge is 0.276 e. The monoisotopic (exact) mass is 225 g/mol. The molecule has 0 bridgehead atoms. The van der Waals surface area contributed by atoms with Crippen LogP contribution in [0.3, 0.4) is 0 Å². The standard InChI is InChI=1S/C8H11N5OS/c9-4-1-2-5(6(10)3-4)7(14)13(12)8(11)15/h1-3H,9-10,12H2,(H2,11,15). The fourth-order valence-corrected chi connectivity index (χ4v) is 1.09. The van der Waals surface area contributed by atoms with E-state index in [9.17, 15) is 4.79 Å². The number of anilines is 2. The zero-order chi connectivity index (χ0) is 11.6. The Morgan fingerprint density at radius 1 is 1.33 bits per heavy atom. The van der Waals surface area contributed by atoms with Crippen molar-refractivity contribution < 1.29 is 4.79 Å². The van der Waals surface area contributed by atoms with Gasteiger partial charge in [-0.1, -0.05) is 0 Å². The number of hydrazine groups is 1. The van der Waals surface area contributed by atoms with Gasteiger partial charge in [0, 0.05) is 11.4 Å². The number of rotatable bonds is 1. The Balaban J connectivity index is 3.07. The number of amides is 1. The second-order valence-corrected chi connectivity index (χ2v) is 3.28. The first-order valence-corrected chi connectivity index (χ1v) is 4.38. The summed E-state index contributed by atoms with van der Waals surface area (Å²) in [7, 11) is 0. The van der Waals surface area contributed by atoms with Crippen molar-refractivity contribution in [3.63, 3.8) is 0 Å². The summed E-state index contributed by atoms with van der Waals surface area (Å²) in [6.07, 6.45) is 0. The molecule has 1 amide bonds. The summed E-state index contributed by atoms with van der Waals surface area (Å²) in [6.45, 7) is 0. The van der Waals surface area contributed by atoms with E-state index in [-0.39, 0.29) is 16.4 Å². The molecule has 0 aliphatic carbocycles. The van der Waals surface area contributed by atoms with E-state index in [4.69, 9.17) is 23.0 Å². The number of carbonyl (C=O) groups excluding carboxylic acids is 1. The summed E-state index contributed by atoms with van der Waals surface area (Å²) in [5.74, 6) is 4.76. The third-order valence-corrected chi connectivity index (χ3v) is 1.96. The van der Waals surface area contributed by atoms with Crippen LogP contribution in [0, 0.1) is 0 Å². The molecule has 1 aromatic carbocycles. The number of carbonyl (C=O) groups is 1. The average Bonchev–Trinajstić information content (AvgIpc) is 2.15. The molecule has 7 heteroatoms. The summed E-state index contributed by atoms with van der Waals surface area (Å²) < 4.78 is 0. The van der Waals surface area contributed by atoms with Crippen LogP contribution < -0.4 is 23.0 Å². The van der Waals surface area contributed by atoms with Crippen molar-refractivity contribution in [1.82, 2.24) is 5.01 Å². The molecule has 0 heterocycles. The lowest BCUT2D eigenvalue weighted by Crippen LogP contribution is -2.45. The minimum atomic E-state index is -0.569. The largest absolute Gasteiger partial charge is 0.399 e. The average molecular weight is 225 g/mol. The maximum atomic E-state index is 11.6. The minimum Gasteiger partial charge on any atom is -0.399 e. The molecular formula is C8H11N5OS. The van der Waals surface area contributed by atoms with Gasteiger partial charge in [0.05, 0.1) is 5.56 Å². The summed E-state index contributed by atoms with van der Waals surface area (Å²) in [4.78, 5) is 11.6. The van der Waals surface area contributed by atoms with Crippen LogP contribution in [0.2, 0.25) is 0 Å². The zero-order valence-electron chi connectivity index (χ0n) is 7.81. The molecule has 15 heavy (non-hydrogen) atoms. The van der Waals surface area contributed by atoms with Crippen molar-refractivity contribution in [1.29, 1.82) is 0 Å². The highest BCUT2D eigenvalue weighted by Gasteiger charge is 2.16. The Labute approximate surface area is 91.8 Å². The quantitative estimate of drug-likeness (QED) is 0.166. The highest BCUT2D eigenvalue weighted by molar-refractivity contribution is 7.80. The van der Waals surface area contributed by atoms with Gasteiger partial charge in [-0.3, -0.25) is 4.79 Å². The number of hydrogen-bond donors (Lipinski definition) is 4.